The van der Waals surface area contributed by atoms with Gasteiger partial charge < -0.3 is 10.3 Å². The molecule has 0 radical (unpaired) electrons. The Hall–Kier alpha value is -2.69. The van der Waals surface area contributed by atoms with Gasteiger partial charge in [-0.2, -0.15) is 0 Å². The number of hydrogen-bond acceptors (Lipinski definition) is 2. The maximum absolute atomic E-state index is 13.8. The molecule has 0 fully saturated rings. The smallest absolute Gasteiger partial charge is 0.132 e. The van der Waals surface area contributed by atoms with Crippen molar-refractivity contribution < 1.29 is 8.78 Å². The second-order valence-corrected chi connectivity index (χ2v) is 4.72. The van der Waals surface area contributed by atoms with E-state index in [0.717, 1.165) is 23.8 Å². The van der Waals surface area contributed by atoms with E-state index in [9.17, 15) is 8.78 Å². The summed E-state index contributed by atoms with van der Waals surface area (Å²) in [4.78, 5) is 4.12. The van der Waals surface area contributed by atoms with Gasteiger partial charge in [0.2, 0.25) is 0 Å². The van der Waals surface area contributed by atoms with Gasteiger partial charge in [-0.1, -0.05) is 30.3 Å². The summed E-state index contributed by atoms with van der Waals surface area (Å²) in [6.45, 7) is 0.524. The summed E-state index contributed by atoms with van der Waals surface area (Å²) < 4.78 is 28.8. The van der Waals surface area contributed by atoms with Crippen molar-refractivity contribution in [1.82, 2.24) is 9.55 Å². The van der Waals surface area contributed by atoms with Crippen LogP contribution in [0.4, 0.5) is 14.6 Å². The van der Waals surface area contributed by atoms with Crippen LogP contribution < -0.4 is 5.73 Å². The number of rotatable bonds is 3. The maximum atomic E-state index is 13.8. The number of aromatic nitrogens is 2. The molecule has 3 rings (SSSR count). The zero-order valence-electron chi connectivity index (χ0n) is 11.1. The first-order valence-corrected chi connectivity index (χ1v) is 6.45. The van der Waals surface area contributed by atoms with Crippen LogP contribution in [0.5, 0.6) is 0 Å². The minimum absolute atomic E-state index is 0.0688. The third-order valence-electron chi connectivity index (χ3n) is 3.26. The largest absolute Gasteiger partial charge is 0.383 e. The number of anilines is 1. The molecule has 1 heterocycles. The Labute approximate surface area is 120 Å². The lowest BCUT2D eigenvalue weighted by Gasteiger charge is -2.06. The molecule has 2 aromatic carbocycles. The van der Waals surface area contributed by atoms with E-state index in [2.05, 4.69) is 4.98 Å². The van der Waals surface area contributed by atoms with Crippen LogP contribution in [0.25, 0.3) is 11.3 Å². The predicted molar refractivity (Wildman–Crippen MR) is 77.5 cm³/mol. The molecular formula is C16H13F2N3. The molecule has 5 heteroatoms. The van der Waals surface area contributed by atoms with Gasteiger partial charge in [-0.05, 0) is 23.8 Å². The molecule has 3 nitrogen and oxygen atoms in total. The van der Waals surface area contributed by atoms with Crippen LogP contribution in [0, 0.1) is 11.6 Å². The summed E-state index contributed by atoms with van der Waals surface area (Å²) in [5.74, 6) is -0.764. The standard InChI is InChI=1S/C16H13F2N3/c17-12-6-7-14(18)13(8-12)15-16(19)21(10-20-15)9-11-4-2-1-3-5-11/h1-8,10H,9,19H2. The average molecular weight is 285 g/mol. The molecule has 0 aliphatic rings. The van der Waals surface area contributed by atoms with Gasteiger partial charge in [-0.25, -0.2) is 13.8 Å². The van der Waals surface area contributed by atoms with E-state index < -0.39 is 11.6 Å². The summed E-state index contributed by atoms with van der Waals surface area (Å²) in [6.07, 6.45) is 1.53. The molecule has 0 unspecified atom stereocenters. The van der Waals surface area contributed by atoms with E-state index in [4.69, 9.17) is 5.73 Å². The highest BCUT2D eigenvalue weighted by atomic mass is 19.1. The van der Waals surface area contributed by atoms with Gasteiger partial charge >= 0.3 is 0 Å². The number of nitrogens with two attached hydrogens (primary N) is 1. The molecule has 0 aliphatic carbocycles. The Kier molecular flexibility index (Phi) is 3.39. The Morgan fingerprint density at radius 2 is 1.81 bits per heavy atom. The Morgan fingerprint density at radius 1 is 1.05 bits per heavy atom. The van der Waals surface area contributed by atoms with Crippen molar-refractivity contribution in [3.8, 4) is 11.3 Å². The first-order valence-electron chi connectivity index (χ1n) is 6.45. The SMILES string of the molecule is Nc1c(-c2cc(F)ccc2F)ncn1Cc1ccccc1. The molecule has 106 valence electrons. The molecule has 0 saturated carbocycles. The highest BCUT2D eigenvalue weighted by Crippen LogP contribution is 2.27. The lowest BCUT2D eigenvalue weighted by Crippen LogP contribution is -2.03. The number of nitrogens with zero attached hydrogens (tertiary/aromatic N) is 2. The quantitative estimate of drug-likeness (QED) is 0.801. The molecule has 3 aromatic rings. The monoisotopic (exact) mass is 285 g/mol. The van der Waals surface area contributed by atoms with Crippen LogP contribution >= 0.6 is 0 Å². The van der Waals surface area contributed by atoms with Gasteiger partial charge in [0.1, 0.15) is 23.1 Å². The highest BCUT2D eigenvalue weighted by molar-refractivity contribution is 5.71. The summed E-state index contributed by atoms with van der Waals surface area (Å²) >= 11 is 0. The minimum atomic E-state index is -0.548. The van der Waals surface area contributed by atoms with Crippen LogP contribution in [0.1, 0.15) is 5.56 Å². The third kappa shape index (κ3) is 2.63. The average Bonchev–Trinajstić information content (AvgIpc) is 2.84. The molecule has 0 amide bonds. The molecule has 1 aromatic heterocycles. The highest BCUT2D eigenvalue weighted by Gasteiger charge is 2.14. The number of halogens is 2. The van der Waals surface area contributed by atoms with Crippen LogP contribution in [0.3, 0.4) is 0 Å². The molecule has 0 aliphatic heterocycles. The Bertz CT molecular complexity index is 766. The fraction of sp³-hybridized carbons (Fsp3) is 0.0625. The topological polar surface area (TPSA) is 43.8 Å². The molecule has 0 spiro atoms. The van der Waals surface area contributed by atoms with Gasteiger partial charge in [0.15, 0.2) is 0 Å². The summed E-state index contributed by atoms with van der Waals surface area (Å²) in [7, 11) is 0. The van der Waals surface area contributed by atoms with Gasteiger partial charge in [0, 0.05) is 5.56 Å². The second kappa shape index (κ2) is 5.36. The zero-order chi connectivity index (χ0) is 14.8. The van der Waals surface area contributed by atoms with Gasteiger partial charge in [-0.15, -0.1) is 0 Å². The maximum Gasteiger partial charge on any atom is 0.132 e. The molecular weight excluding hydrogens is 272 g/mol. The fourth-order valence-electron chi connectivity index (χ4n) is 2.18. The van der Waals surface area contributed by atoms with Gasteiger partial charge in [0.25, 0.3) is 0 Å². The van der Waals surface area contributed by atoms with Crippen LogP contribution in [-0.2, 0) is 6.54 Å². The van der Waals surface area contributed by atoms with Gasteiger partial charge in [-0.3, -0.25) is 0 Å². The van der Waals surface area contributed by atoms with E-state index in [1.807, 2.05) is 30.3 Å². The Morgan fingerprint density at radius 3 is 2.57 bits per heavy atom. The summed E-state index contributed by atoms with van der Waals surface area (Å²) in [5, 5.41) is 0. The lowest BCUT2D eigenvalue weighted by atomic mass is 10.1. The van der Waals surface area contributed by atoms with Gasteiger partial charge in [0.05, 0.1) is 12.9 Å². The van der Waals surface area contributed by atoms with Crippen molar-refractivity contribution in [2.45, 2.75) is 6.54 Å². The summed E-state index contributed by atoms with van der Waals surface area (Å²) in [5.41, 5.74) is 7.38. The molecule has 2 N–H and O–H groups in total. The minimum Gasteiger partial charge on any atom is -0.383 e. The number of benzene rings is 2. The fourth-order valence-corrected chi connectivity index (χ4v) is 2.18. The third-order valence-corrected chi connectivity index (χ3v) is 3.26. The second-order valence-electron chi connectivity index (χ2n) is 4.72. The number of nitrogen functional groups attached to an aromatic ring is 1. The Balaban J connectivity index is 1.98. The van der Waals surface area contributed by atoms with Crippen LogP contribution in [0.15, 0.2) is 54.9 Å². The van der Waals surface area contributed by atoms with E-state index in [-0.39, 0.29) is 11.3 Å². The van der Waals surface area contributed by atoms with E-state index in [1.54, 1.807) is 4.57 Å². The molecule has 21 heavy (non-hydrogen) atoms. The molecule has 0 bridgehead atoms. The first-order chi connectivity index (χ1) is 10.1. The van der Waals surface area contributed by atoms with E-state index >= 15 is 0 Å². The van der Waals surface area contributed by atoms with Crippen molar-refractivity contribution in [3.63, 3.8) is 0 Å². The first kappa shape index (κ1) is 13.3. The lowest BCUT2D eigenvalue weighted by molar-refractivity contribution is 0.603. The number of hydrogen-bond donors (Lipinski definition) is 1. The van der Waals surface area contributed by atoms with E-state index in [0.29, 0.717) is 12.4 Å². The molecule has 0 saturated heterocycles. The van der Waals surface area contributed by atoms with Crippen molar-refractivity contribution in [3.05, 3.63) is 72.1 Å². The zero-order valence-corrected chi connectivity index (χ0v) is 11.1. The van der Waals surface area contributed by atoms with Crippen molar-refractivity contribution in [2.75, 3.05) is 5.73 Å². The number of imidazole rings is 1. The van der Waals surface area contributed by atoms with Crippen LogP contribution in [-0.4, -0.2) is 9.55 Å². The van der Waals surface area contributed by atoms with Crippen molar-refractivity contribution >= 4 is 5.82 Å². The van der Waals surface area contributed by atoms with Crippen molar-refractivity contribution in [2.24, 2.45) is 0 Å². The van der Waals surface area contributed by atoms with E-state index in [1.165, 1.54) is 6.33 Å². The van der Waals surface area contributed by atoms with Crippen molar-refractivity contribution in [1.29, 1.82) is 0 Å². The van der Waals surface area contributed by atoms with Crippen LogP contribution in [0.2, 0.25) is 0 Å². The normalized spacial score (nSPS) is 10.8. The summed E-state index contributed by atoms with van der Waals surface area (Å²) in [6, 6.07) is 12.9. The predicted octanol–water partition coefficient (Wildman–Crippen LogP) is 3.46. The molecule has 0 atom stereocenters.